The molecule has 0 fully saturated rings. The summed E-state index contributed by atoms with van der Waals surface area (Å²) in [7, 11) is 8.93. The van der Waals surface area contributed by atoms with Crippen LogP contribution < -0.4 is 30.1 Å². The van der Waals surface area contributed by atoms with E-state index >= 15 is 0 Å². The van der Waals surface area contributed by atoms with Crippen LogP contribution in [0.2, 0.25) is 0 Å². The highest BCUT2D eigenvalue weighted by Crippen LogP contribution is 2.15. The normalized spacial score (nSPS) is 10.9. The second kappa shape index (κ2) is 41.6. The molecule has 0 aliphatic carbocycles. The standard InChI is InChI=1S/C34H72N.C2H7N.2ClH/c1-5-7-9-11-13-15-17-19-21-23-25-27-29-31-33-35(3,4)34-32-30-28-26-24-22-20-18-16-14-12-10-8-6-2;1-3-2;;/h5-34H2,1-4H3;3H,1-2H3;2*1H/q+1;;;/p-1. The lowest BCUT2D eigenvalue weighted by Gasteiger charge is -2.30. The fourth-order valence-corrected chi connectivity index (χ4v) is 5.58. The summed E-state index contributed by atoms with van der Waals surface area (Å²) < 4.78 is 1.25. The van der Waals surface area contributed by atoms with Crippen LogP contribution in [-0.4, -0.2) is 45.8 Å². The number of rotatable bonds is 30. The Kier molecular flexibility index (Phi) is 49.4. The van der Waals surface area contributed by atoms with E-state index in [1.807, 2.05) is 19.4 Å². The van der Waals surface area contributed by atoms with E-state index in [1.165, 1.54) is 197 Å². The van der Waals surface area contributed by atoms with Gasteiger partial charge < -0.3 is 34.6 Å². The average Bonchev–Trinajstić information content (AvgIpc) is 2.89. The Bertz CT molecular complexity index is 370. The third-order valence-electron chi connectivity index (χ3n) is 8.23. The molecule has 0 bridgehead atoms. The van der Waals surface area contributed by atoms with Crippen LogP contribution in [0.3, 0.4) is 0 Å². The first-order chi connectivity index (χ1) is 18.5. The molecule has 4 heteroatoms. The minimum absolute atomic E-state index is 0. The Labute approximate surface area is 268 Å². The maximum absolute atomic E-state index is 2.46. The van der Waals surface area contributed by atoms with Crippen molar-refractivity contribution >= 4 is 0 Å². The fourth-order valence-electron chi connectivity index (χ4n) is 5.58. The first kappa shape index (κ1) is 47.4. The zero-order chi connectivity index (χ0) is 28.4. The molecule has 0 aromatic heterocycles. The highest BCUT2D eigenvalue weighted by Gasteiger charge is 2.13. The molecule has 248 valence electrons. The van der Waals surface area contributed by atoms with Crippen molar-refractivity contribution in [3.63, 3.8) is 0 Å². The second-order valence-corrected chi connectivity index (χ2v) is 13.2. The lowest BCUT2D eigenvalue weighted by Crippen LogP contribution is -3.00. The molecule has 0 aliphatic heterocycles. The van der Waals surface area contributed by atoms with Crippen molar-refractivity contribution in [1.29, 1.82) is 0 Å². The van der Waals surface area contributed by atoms with E-state index in [2.05, 4.69) is 27.9 Å². The summed E-state index contributed by atoms with van der Waals surface area (Å²) in [5, 5.41) is 2.00. The molecule has 0 spiro atoms. The molecule has 2 N–H and O–H groups in total. The monoisotopic (exact) mass is 611 g/mol. The molecular weight excluding hydrogens is 531 g/mol. The third kappa shape index (κ3) is 45.5. The predicted molar refractivity (Wildman–Crippen MR) is 176 cm³/mol. The van der Waals surface area contributed by atoms with Gasteiger partial charge in [0.15, 0.2) is 0 Å². The number of nitrogens with zero attached hydrogens (tertiary/aromatic N) is 1. The molecular formula is C36H80Cl2N2. The van der Waals surface area contributed by atoms with Gasteiger partial charge in [-0.3, -0.25) is 0 Å². The SMILES string of the molecule is CCCCCCCCCCCCCCCC[N+](C)(C)CCCCCCCCCCCCCCCC.C[NH2+]C.[Cl-].[Cl-]. The van der Waals surface area contributed by atoms with E-state index in [1.54, 1.807) is 0 Å². The molecule has 0 aliphatic rings. The summed E-state index contributed by atoms with van der Waals surface area (Å²) >= 11 is 0. The van der Waals surface area contributed by atoms with Gasteiger partial charge in [0.25, 0.3) is 0 Å². The van der Waals surface area contributed by atoms with Crippen molar-refractivity contribution in [2.75, 3.05) is 41.3 Å². The van der Waals surface area contributed by atoms with Gasteiger partial charge in [0.2, 0.25) is 0 Å². The van der Waals surface area contributed by atoms with Crippen LogP contribution in [0.5, 0.6) is 0 Å². The Morgan fingerprint density at radius 2 is 0.475 bits per heavy atom. The van der Waals surface area contributed by atoms with Gasteiger partial charge in [0.1, 0.15) is 0 Å². The van der Waals surface area contributed by atoms with E-state index in [4.69, 9.17) is 0 Å². The van der Waals surface area contributed by atoms with Crippen molar-refractivity contribution in [1.82, 2.24) is 0 Å². The van der Waals surface area contributed by atoms with Gasteiger partial charge in [-0.1, -0.05) is 168 Å². The molecule has 0 saturated carbocycles. The third-order valence-corrected chi connectivity index (χ3v) is 8.23. The Morgan fingerprint density at radius 3 is 0.650 bits per heavy atom. The van der Waals surface area contributed by atoms with Gasteiger partial charge in [-0.2, -0.15) is 0 Å². The smallest absolute Gasteiger partial charge is 0.0782 e. The molecule has 0 aromatic rings. The molecule has 0 rings (SSSR count). The highest BCUT2D eigenvalue weighted by atomic mass is 35.5. The lowest BCUT2D eigenvalue weighted by molar-refractivity contribution is -0.890. The van der Waals surface area contributed by atoms with Gasteiger partial charge in [-0.25, -0.2) is 0 Å². The highest BCUT2D eigenvalue weighted by molar-refractivity contribution is 4.51. The van der Waals surface area contributed by atoms with Crippen LogP contribution in [0.4, 0.5) is 0 Å². The fraction of sp³-hybridized carbons (Fsp3) is 1.00. The molecule has 0 amide bonds. The molecule has 0 radical (unpaired) electrons. The van der Waals surface area contributed by atoms with Gasteiger partial charge in [-0.15, -0.1) is 0 Å². The van der Waals surface area contributed by atoms with Gasteiger partial charge in [0.05, 0.1) is 41.3 Å². The summed E-state index contributed by atoms with van der Waals surface area (Å²) in [6.07, 6.45) is 40.9. The summed E-state index contributed by atoms with van der Waals surface area (Å²) in [6.45, 7) is 7.38. The van der Waals surface area contributed by atoms with E-state index in [9.17, 15) is 0 Å². The molecule has 0 heterocycles. The van der Waals surface area contributed by atoms with Crippen LogP contribution >= 0.6 is 0 Å². The van der Waals surface area contributed by atoms with Crippen LogP contribution in [0, 0.1) is 0 Å². The molecule has 0 saturated heterocycles. The zero-order valence-corrected chi connectivity index (χ0v) is 30.5. The number of hydrogen-bond donors (Lipinski definition) is 1. The topological polar surface area (TPSA) is 16.6 Å². The summed E-state index contributed by atoms with van der Waals surface area (Å²) in [4.78, 5) is 0. The van der Waals surface area contributed by atoms with E-state index < -0.39 is 0 Å². The number of nitrogens with two attached hydrogens (primary N) is 1. The molecule has 40 heavy (non-hydrogen) atoms. The number of hydrogen-bond acceptors (Lipinski definition) is 0. The number of halogens is 2. The first-order valence-electron chi connectivity index (χ1n) is 18.1. The van der Waals surface area contributed by atoms with Crippen LogP contribution in [0.15, 0.2) is 0 Å². The largest absolute Gasteiger partial charge is 1.00 e. The van der Waals surface area contributed by atoms with E-state index in [0.29, 0.717) is 0 Å². The Hall–Kier alpha value is 0.500. The van der Waals surface area contributed by atoms with Gasteiger partial charge in [-0.05, 0) is 25.7 Å². The van der Waals surface area contributed by atoms with Crippen molar-refractivity contribution in [2.24, 2.45) is 0 Å². The van der Waals surface area contributed by atoms with Gasteiger partial charge >= 0.3 is 0 Å². The quantitative estimate of drug-likeness (QED) is 0.0885. The predicted octanol–water partition coefficient (Wildman–Crippen LogP) is 4.84. The maximum Gasteiger partial charge on any atom is 0.0782 e. The lowest BCUT2D eigenvalue weighted by atomic mass is 10.0. The zero-order valence-electron chi connectivity index (χ0n) is 29.0. The molecule has 0 unspecified atom stereocenters. The molecule has 0 aromatic carbocycles. The van der Waals surface area contributed by atoms with Crippen molar-refractivity contribution in [3.8, 4) is 0 Å². The Balaban J connectivity index is -0.00000123. The van der Waals surface area contributed by atoms with E-state index in [0.717, 1.165) is 0 Å². The average molecular weight is 612 g/mol. The minimum Gasteiger partial charge on any atom is -1.00 e. The number of quaternary nitrogens is 2. The minimum atomic E-state index is 0. The van der Waals surface area contributed by atoms with Crippen molar-refractivity contribution in [2.45, 2.75) is 194 Å². The summed E-state index contributed by atoms with van der Waals surface area (Å²) in [5.41, 5.74) is 0. The Morgan fingerprint density at radius 1 is 0.325 bits per heavy atom. The number of unbranched alkanes of at least 4 members (excludes halogenated alkanes) is 26. The summed E-state index contributed by atoms with van der Waals surface area (Å²) in [6, 6.07) is 0. The van der Waals surface area contributed by atoms with Crippen molar-refractivity contribution < 1.29 is 34.6 Å². The van der Waals surface area contributed by atoms with Gasteiger partial charge in [0, 0.05) is 0 Å². The maximum atomic E-state index is 2.46. The van der Waals surface area contributed by atoms with Crippen LogP contribution in [0.1, 0.15) is 194 Å². The van der Waals surface area contributed by atoms with Crippen LogP contribution in [-0.2, 0) is 0 Å². The van der Waals surface area contributed by atoms with Crippen LogP contribution in [0.25, 0.3) is 0 Å². The van der Waals surface area contributed by atoms with E-state index in [-0.39, 0.29) is 24.8 Å². The first-order valence-corrected chi connectivity index (χ1v) is 18.1. The molecule has 2 nitrogen and oxygen atoms in total. The second-order valence-electron chi connectivity index (χ2n) is 13.2. The summed E-state index contributed by atoms with van der Waals surface area (Å²) in [5.74, 6) is 0. The van der Waals surface area contributed by atoms with Crippen molar-refractivity contribution in [3.05, 3.63) is 0 Å². The molecule has 0 atom stereocenters.